The monoisotopic (exact) mass is 355 g/mol. The van der Waals surface area contributed by atoms with E-state index in [4.69, 9.17) is 4.74 Å². The fourth-order valence-electron chi connectivity index (χ4n) is 2.65. The van der Waals surface area contributed by atoms with Gasteiger partial charge in [0.1, 0.15) is 12.4 Å². The standard InChI is InChI=1S/C21H25NO4/c1-22-21(24)17(10-4-3-5-14-20(23)25-2)15-26-19-13-8-11-16-9-6-7-12-18(16)19/h6-13H,3-5,14-15H2,1-2H3,(H,22,24)/b17-10+. The van der Waals surface area contributed by atoms with Crippen molar-refractivity contribution >= 4 is 22.6 Å². The van der Waals surface area contributed by atoms with Crippen LogP contribution in [0.5, 0.6) is 5.75 Å². The third-order valence-corrected chi connectivity index (χ3v) is 4.10. The molecule has 2 aromatic rings. The Balaban J connectivity index is 1.98. The molecule has 2 aromatic carbocycles. The second-order valence-electron chi connectivity index (χ2n) is 5.90. The molecule has 0 aliphatic carbocycles. The van der Waals surface area contributed by atoms with E-state index in [1.165, 1.54) is 7.11 Å². The maximum Gasteiger partial charge on any atom is 0.305 e. The number of carbonyl (C=O) groups is 2. The molecule has 0 aliphatic heterocycles. The van der Waals surface area contributed by atoms with Crippen LogP contribution in [0.1, 0.15) is 25.7 Å². The number of benzene rings is 2. The Bertz CT molecular complexity index is 777. The topological polar surface area (TPSA) is 64.6 Å². The molecule has 0 saturated heterocycles. The smallest absolute Gasteiger partial charge is 0.305 e. The van der Waals surface area contributed by atoms with Gasteiger partial charge in [0.25, 0.3) is 0 Å². The molecule has 2 rings (SSSR count). The van der Waals surface area contributed by atoms with Crippen LogP contribution in [0, 0.1) is 0 Å². The van der Waals surface area contributed by atoms with E-state index in [1.807, 2.05) is 48.5 Å². The average molecular weight is 355 g/mol. The van der Waals surface area contributed by atoms with E-state index in [0.717, 1.165) is 29.4 Å². The third-order valence-electron chi connectivity index (χ3n) is 4.10. The summed E-state index contributed by atoms with van der Waals surface area (Å²) < 4.78 is 10.5. The minimum absolute atomic E-state index is 0.154. The second kappa shape index (κ2) is 10.2. The maximum absolute atomic E-state index is 12.1. The fourth-order valence-corrected chi connectivity index (χ4v) is 2.65. The van der Waals surface area contributed by atoms with Crippen molar-refractivity contribution in [3.8, 4) is 5.75 Å². The summed E-state index contributed by atoms with van der Waals surface area (Å²) in [5.74, 6) is 0.390. The molecule has 26 heavy (non-hydrogen) atoms. The van der Waals surface area contributed by atoms with Crippen molar-refractivity contribution in [3.05, 3.63) is 54.1 Å². The summed E-state index contributed by atoms with van der Waals surface area (Å²) in [7, 11) is 2.99. The van der Waals surface area contributed by atoms with Crippen LogP contribution in [0.3, 0.4) is 0 Å². The lowest BCUT2D eigenvalue weighted by Gasteiger charge is -2.11. The van der Waals surface area contributed by atoms with Crippen molar-refractivity contribution < 1.29 is 19.1 Å². The maximum atomic E-state index is 12.1. The predicted octanol–water partition coefficient (Wildman–Crippen LogP) is 3.62. The van der Waals surface area contributed by atoms with Crippen LogP contribution in [0.25, 0.3) is 10.8 Å². The molecule has 0 fully saturated rings. The lowest BCUT2D eigenvalue weighted by Crippen LogP contribution is -2.23. The first-order chi connectivity index (χ1) is 12.7. The highest BCUT2D eigenvalue weighted by molar-refractivity contribution is 5.93. The lowest BCUT2D eigenvalue weighted by atomic mass is 10.1. The van der Waals surface area contributed by atoms with E-state index < -0.39 is 0 Å². The number of hydrogen-bond acceptors (Lipinski definition) is 4. The molecule has 0 radical (unpaired) electrons. The highest BCUT2D eigenvalue weighted by Crippen LogP contribution is 2.25. The zero-order valence-corrected chi connectivity index (χ0v) is 15.3. The number of hydrogen-bond donors (Lipinski definition) is 1. The van der Waals surface area contributed by atoms with Crippen LogP contribution in [-0.2, 0) is 14.3 Å². The van der Waals surface area contributed by atoms with Crippen molar-refractivity contribution in [3.63, 3.8) is 0 Å². The van der Waals surface area contributed by atoms with Gasteiger partial charge in [-0.25, -0.2) is 0 Å². The second-order valence-corrected chi connectivity index (χ2v) is 5.90. The van der Waals surface area contributed by atoms with Gasteiger partial charge in [0.2, 0.25) is 5.91 Å². The van der Waals surface area contributed by atoms with Gasteiger partial charge in [-0.1, -0.05) is 42.5 Å². The number of carbonyl (C=O) groups excluding carboxylic acids is 2. The van der Waals surface area contributed by atoms with Gasteiger partial charge in [0.05, 0.1) is 12.7 Å². The molecule has 0 atom stereocenters. The van der Waals surface area contributed by atoms with E-state index in [0.29, 0.717) is 18.4 Å². The first-order valence-corrected chi connectivity index (χ1v) is 8.74. The molecule has 5 nitrogen and oxygen atoms in total. The Hall–Kier alpha value is -2.82. The van der Waals surface area contributed by atoms with Gasteiger partial charge in [-0.05, 0) is 30.7 Å². The minimum atomic E-state index is -0.209. The van der Waals surface area contributed by atoms with Crippen LogP contribution >= 0.6 is 0 Å². The zero-order valence-electron chi connectivity index (χ0n) is 15.3. The minimum Gasteiger partial charge on any atom is -0.488 e. The number of fused-ring (bicyclic) bond motifs is 1. The van der Waals surface area contributed by atoms with Crippen molar-refractivity contribution in [1.29, 1.82) is 0 Å². The number of amides is 1. The number of allylic oxidation sites excluding steroid dienone is 1. The van der Waals surface area contributed by atoms with Gasteiger partial charge in [-0.2, -0.15) is 0 Å². The predicted molar refractivity (Wildman–Crippen MR) is 102 cm³/mol. The van der Waals surface area contributed by atoms with Gasteiger partial charge in [0.15, 0.2) is 0 Å². The van der Waals surface area contributed by atoms with Crippen molar-refractivity contribution in [1.82, 2.24) is 5.32 Å². The third kappa shape index (κ3) is 5.62. The van der Waals surface area contributed by atoms with Gasteiger partial charge in [0, 0.05) is 18.9 Å². The number of unbranched alkanes of at least 4 members (excludes halogenated alkanes) is 2. The molecule has 0 heterocycles. The highest BCUT2D eigenvalue weighted by atomic mass is 16.5. The number of rotatable bonds is 9. The number of likely N-dealkylation sites (N-methyl/N-ethyl adjacent to an activating group) is 1. The van der Waals surface area contributed by atoms with Crippen molar-refractivity contribution in [2.45, 2.75) is 25.7 Å². The van der Waals surface area contributed by atoms with Gasteiger partial charge >= 0.3 is 5.97 Å². The van der Waals surface area contributed by atoms with E-state index in [1.54, 1.807) is 7.05 Å². The summed E-state index contributed by atoms with van der Waals surface area (Å²) in [6, 6.07) is 13.8. The number of methoxy groups -OCH3 is 1. The molecular weight excluding hydrogens is 330 g/mol. The molecular formula is C21H25NO4. The Morgan fingerprint density at radius 1 is 1.08 bits per heavy atom. The normalized spacial score (nSPS) is 11.2. The van der Waals surface area contributed by atoms with Crippen LogP contribution in [0.4, 0.5) is 0 Å². The summed E-state index contributed by atoms with van der Waals surface area (Å²) in [5.41, 5.74) is 0.582. The molecule has 5 heteroatoms. The first-order valence-electron chi connectivity index (χ1n) is 8.74. The van der Waals surface area contributed by atoms with Crippen molar-refractivity contribution in [2.75, 3.05) is 20.8 Å². The summed E-state index contributed by atoms with van der Waals surface area (Å²) in [5, 5.41) is 4.76. The van der Waals surface area contributed by atoms with Crippen molar-refractivity contribution in [2.24, 2.45) is 0 Å². The van der Waals surface area contributed by atoms with Crippen LogP contribution < -0.4 is 10.1 Å². The average Bonchev–Trinajstić information content (AvgIpc) is 2.69. The molecule has 138 valence electrons. The zero-order chi connectivity index (χ0) is 18.8. The Labute approximate surface area is 154 Å². The molecule has 0 bridgehead atoms. The Morgan fingerprint density at radius 2 is 1.85 bits per heavy atom. The fraction of sp³-hybridized carbons (Fsp3) is 0.333. The molecule has 1 N–H and O–H groups in total. The number of nitrogens with one attached hydrogen (secondary N) is 1. The van der Waals surface area contributed by atoms with E-state index >= 15 is 0 Å². The Morgan fingerprint density at radius 3 is 2.62 bits per heavy atom. The quantitative estimate of drug-likeness (QED) is 0.424. The molecule has 0 unspecified atom stereocenters. The van der Waals surface area contributed by atoms with E-state index in [2.05, 4.69) is 10.1 Å². The molecule has 0 aromatic heterocycles. The lowest BCUT2D eigenvalue weighted by molar-refractivity contribution is -0.140. The summed E-state index contributed by atoms with van der Waals surface area (Å²) >= 11 is 0. The van der Waals surface area contributed by atoms with E-state index in [-0.39, 0.29) is 18.5 Å². The Kier molecular flexibility index (Phi) is 7.68. The molecule has 0 saturated carbocycles. The SMILES string of the molecule is CNC(=O)/C(=C/CCCCC(=O)OC)COc1cccc2ccccc12. The van der Waals surface area contributed by atoms with Crippen LogP contribution in [0.2, 0.25) is 0 Å². The molecule has 1 amide bonds. The van der Waals surface area contributed by atoms with E-state index in [9.17, 15) is 9.59 Å². The summed E-state index contributed by atoms with van der Waals surface area (Å²) in [6.45, 7) is 0.199. The largest absolute Gasteiger partial charge is 0.488 e. The first kappa shape index (κ1) is 19.5. The number of esters is 1. The van der Waals surface area contributed by atoms with Gasteiger partial charge in [-0.15, -0.1) is 0 Å². The number of ether oxygens (including phenoxy) is 2. The summed E-state index contributed by atoms with van der Waals surface area (Å²) in [6.07, 6.45) is 4.52. The molecule has 0 spiro atoms. The molecule has 0 aliphatic rings. The van der Waals surface area contributed by atoms with Gasteiger partial charge in [-0.3, -0.25) is 9.59 Å². The van der Waals surface area contributed by atoms with Crippen LogP contribution in [-0.4, -0.2) is 32.6 Å². The van der Waals surface area contributed by atoms with Gasteiger partial charge < -0.3 is 14.8 Å². The highest BCUT2D eigenvalue weighted by Gasteiger charge is 2.10. The van der Waals surface area contributed by atoms with Crippen LogP contribution in [0.15, 0.2) is 54.1 Å². The summed E-state index contributed by atoms with van der Waals surface area (Å²) in [4.78, 5) is 23.2.